The Morgan fingerprint density at radius 2 is 1.78 bits per heavy atom. The third-order valence-electron chi connectivity index (χ3n) is 5.07. The van der Waals surface area contributed by atoms with E-state index in [1.54, 1.807) is 13.0 Å². The van der Waals surface area contributed by atoms with Crippen molar-refractivity contribution in [2.24, 2.45) is 5.92 Å². The van der Waals surface area contributed by atoms with Gasteiger partial charge in [0.05, 0.1) is 23.8 Å². The van der Waals surface area contributed by atoms with Crippen LogP contribution in [0, 0.1) is 29.2 Å². The molecule has 1 fully saturated rings. The Morgan fingerprint density at radius 1 is 1.06 bits per heavy atom. The van der Waals surface area contributed by atoms with E-state index in [2.05, 4.69) is 5.32 Å². The Kier molecular flexibility index (Phi) is 7.12. The van der Waals surface area contributed by atoms with Crippen LogP contribution in [-0.2, 0) is 14.4 Å². The molecule has 0 spiro atoms. The van der Waals surface area contributed by atoms with Gasteiger partial charge >= 0.3 is 0 Å². The second-order valence-corrected chi connectivity index (χ2v) is 7.39. The Hall–Kier alpha value is -3.43. The third kappa shape index (κ3) is 4.90. The number of benzene rings is 2. The van der Waals surface area contributed by atoms with Crippen LogP contribution in [0.15, 0.2) is 36.4 Å². The maximum Gasteiger partial charge on any atom is 0.244 e. The number of amides is 3. The first-order valence-corrected chi connectivity index (χ1v) is 10.00. The molecule has 0 aliphatic carbocycles. The van der Waals surface area contributed by atoms with E-state index >= 15 is 0 Å². The molecule has 1 aliphatic rings. The summed E-state index contributed by atoms with van der Waals surface area (Å²) in [7, 11) is 0. The van der Waals surface area contributed by atoms with Crippen LogP contribution in [0.2, 0.25) is 0 Å². The van der Waals surface area contributed by atoms with Crippen molar-refractivity contribution in [3.05, 3.63) is 59.7 Å². The minimum absolute atomic E-state index is 0.0434. The highest BCUT2D eigenvalue weighted by Gasteiger charge is 2.38. The monoisotopic (exact) mass is 451 g/mol. The van der Waals surface area contributed by atoms with Crippen molar-refractivity contribution >= 4 is 29.1 Å². The fraction of sp³-hybridized carbons (Fsp3) is 0.318. The molecule has 6 nitrogen and oxygen atoms in total. The quantitative estimate of drug-likeness (QED) is 0.518. The molecule has 1 saturated heterocycles. The molecule has 1 atom stereocenters. The maximum absolute atomic E-state index is 14.1. The van der Waals surface area contributed by atoms with Gasteiger partial charge in [-0.25, -0.2) is 17.6 Å². The van der Waals surface area contributed by atoms with E-state index in [1.807, 2.05) is 0 Å². The normalized spacial score (nSPS) is 15.7. The van der Waals surface area contributed by atoms with Gasteiger partial charge in [0.25, 0.3) is 0 Å². The van der Waals surface area contributed by atoms with Gasteiger partial charge in [-0.15, -0.1) is 0 Å². The van der Waals surface area contributed by atoms with Crippen molar-refractivity contribution < 1.29 is 31.9 Å². The summed E-state index contributed by atoms with van der Waals surface area (Å²) in [6.45, 7) is 1.43. The lowest BCUT2D eigenvalue weighted by molar-refractivity contribution is -0.138. The molecular weight excluding hydrogens is 430 g/mol. The van der Waals surface area contributed by atoms with Gasteiger partial charge in [0.1, 0.15) is 5.82 Å². The first-order chi connectivity index (χ1) is 15.2. The second-order valence-electron chi connectivity index (χ2n) is 7.39. The minimum atomic E-state index is -1.72. The number of rotatable bonds is 7. The maximum atomic E-state index is 14.1. The van der Waals surface area contributed by atoms with Crippen LogP contribution in [0.5, 0.6) is 0 Å². The first-order valence-electron chi connectivity index (χ1n) is 10.00. The Labute approximate surface area is 181 Å². The molecule has 1 unspecified atom stereocenters. The SMILES string of the molecule is CCCN(CC(=O)Nc1ccc(F)c(F)c1F)C(=O)C1CC(=O)N(c2ccccc2F)C1. The van der Waals surface area contributed by atoms with Gasteiger partial charge in [-0.05, 0) is 30.7 Å². The van der Waals surface area contributed by atoms with Gasteiger partial charge in [0.15, 0.2) is 17.5 Å². The fourth-order valence-corrected chi connectivity index (χ4v) is 3.56. The molecular formula is C22H21F4N3O3. The van der Waals surface area contributed by atoms with Crippen LogP contribution >= 0.6 is 0 Å². The van der Waals surface area contributed by atoms with E-state index in [0.29, 0.717) is 12.5 Å². The smallest absolute Gasteiger partial charge is 0.244 e. The molecule has 3 rings (SSSR count). The second kappa shape index (κ2) is 9.80. The zero-order chi connectivity index (χ0) is 23.4. The number of anilines is 2. The van der Waals surface area contributed by atoms with Crippen molar-refractivity contribution in [2.75, 3.05) is 29.9 Å². The van der Waals surface area contributed by atoms with E-state index in [-0.39, 0.29) is 25.2 Å². The standard InChI is InChI=1S/C22H21F4N3O3/c1-2-9-28(12-18(30)27-16-8-7-15(24)20(25)21(16)26)22(32)13-10-19(31)29(11-13)17-6-4-3-5-14(17)23/h3-8,13H,2,9-12H2,1H3,(H,27,30). The Bertz CT molecular complexity index is 1050. The molecule has 0 aromatic heterocycles. The number of carbonyl (C=O) groups is 3. The van der Waals surface area contributed by atoms with E-state index in [1.165, 1.54) is 28.0 Å². The highest BCUT2D eigenvalue weighted by Crippen LogP contribution is 2.28. The summed E-state index contributed by atoms with van der Waals surface area (Å²) in [5.41, 5.74) is -0.485. The summed E-state index contributed by atoms with van der Waals surface area (Å²) < 4.78 is 54.3. The summed E-state index contributed by atoms with van der Waals surface area (Å²) in [4.78, 5) is 40.1. The van der Waals surface area contributed by atoms with Crippen LogP contribution < -0.4 is 10.2 Å². The lowest BCUT2D eigenvalue weighted by Crippen LogP contribution is -2.42. The van der Waals surface area contributed by atoms with Crippen LogP contribution in [0.3, 0.4) is 0 Å². The summed E-state index contributed by atoms with van der Waals surface area (Å²) in [6, 6.07) is 7.26. The molecule has 10 heteroatoms. The highest BCUT2D eigenvalue weighted by molar-refractivity contribution is 6.01. The van der Waals surface area contributed by atoms with Crippen LogP contribution in [0.1, 0.15) is 19.8 Å². The summed E-state index contributed by atoms with van der Waals surface area (Å²) in [5.74, 6) is -7.76. The molecule has 2 aromatic rings. The fourth-order valence-electron chi connectivity index (χ4n) is 3.56. The topological polar surface area (TPSA) is 69.7 Å². The number of hydrogen-bond acceptors (Lipinski definition) is 3. The predicted molar refractivity (Wildman–Crippen MR) is 109 cm³/mol. The predicted octanol–water partition coefficient (Wildman–Crippen LogP) is 3.47. The summed E-state index contributed by atoms with van der Waals surface area (Å²) >= 11 is 0. The number of carbonyl (C=O) groups excluding carboxylic acids is 3. The minimum Gasteiger partial charge on any atom is -0.333 e. The molecule has 1 heterocycles. The molecule has 170 valence electrons. The van der Waals surface area contributed by atoms with Gasteiger partial charge in [0.2, 0.25) is 17.7 Å². The summed E-state index contributed by atoms with van der Waals surface area (Å²) in [5, 5.41) is 2.12. The van der Waals surface area contributed by atoms with Gasteiger partial charge < -0.3 is 15.1 Å². The number of nitrogens with zero attached hydrogens (tertiary/aromatic N) is 2. The molecule has 2 aromatic carbocycles. The molecule has 1 N–H and O–H groups in total. The largest absolute Gasteiger partial charge is 0.333 e. The van der Waals surface area contributed by atoms with Crippen LogP contribution in [0.25, 0.3) is 0 Å². The van der Waals surface area contributed by atoms with E-state index < -0.39 is 59.1 Å². The van der Waals surface area contributed by atoms with E-state index in [4.69, 9.17) is 0 Å². The number of nitrogens with one attached hydrogen (secondary N) is 1. The van der Waals surface area contributed by atoms with Gasteiger partial charge in [-0.1, -0.05) is 19.1 Å². The van der Waals surface area contributed by atoms with E-state index in [0.717, 1.165) is 6.07 Å². The average Bonchev–Trinajstić information content (AvgIpc) is 3.15. The molecule has 0 radical (unpaired) electrons. The number of halogens is 4. The summed E-state index contributed by atoms with van der Waals surface area (Å²) in [6.07, 6.45) is 0.350. The van der Waals surface area contributed by atoms with Crippen molar-refractivity contribution in [3.63, 3.8) is 0 Å². The molecule has 0 bridgehead atoms. The van der Waals surface area contributed by atoms with Gasteiger partial charge in [-0.2, -0.15) is 0 Å². The van der Waals surface area contributed by atoms with Gasteiger partial charge in [0, 0.05) is 19.5 Å². The average molecular weight is 451 g/mol. The van der Waals surface area contributed by atoms with Crippen LogP contribution in [-0.4, -0.2) is 42.3 Å². The lowest BCUT2D eigenvalue weighted by Gasteiger charge is -2.25. The lowest BCUT2D eigenvalue weighted by atomic mass is 10.1. The van der Waals surface area contributed by atoms with Gasteiger partial charge in [-0.3, -0.25) is 14.4 Å². The third-order valence-corrected chi connectivity index (χ3v) is 5.07. The molecule has 1 aliphatic heterocycles. The molecule has 3 amide bonds. The van der Waals surface area contributed by atoms with Crippen molar-refractivity contribution in [2.45, 2.75) is 19.8 Å². The zero-order valence-corrected chi connectivity index (χ0v) is 17.2. The number of hydrogen-bond donors (Lipinski definition) is 1. The van der Waals surface area contributed by atoms with Crippen molar-refractivity contribution in [1.29, 1.82) is 0 Å². The van der Waals surface area contributed by atoms with Crippen LogP contribution in [0.4, 0.5) is 28.9 Å². The Balaban J connectivity index is 1.69. The molecule has 0 saturated carbocycles. The highest BCUT2D eigenvalue weighted by atomic mass is 19.2. The molecule has 32 heavy (non-hydrogen) atoms. The number of para-hydroxylation sites is 1. The first kappa shape index (κ1) is 23.2. The van der Waals surface area contributed by atoms with E-state index in [9.17, 15) is 31.9 Å². The zero-order valence-electron chi connectivity index (χ0n) is 17.2. The van der Waals surface area contributed by atoms with Crippen molar-refractivity contribution in [1.82, 2.24) is 4.90 Å². The van der Waals surface area contributed by atoms with Crippen molar-refractivity contribution in [3.8, 4) is 0 Å². The Morgan fingerprint density at radius 3 is 2.47 bits per heavy atom.